The Balaban J connectivity index is 2.11. The summed E-state index contributed by atoms with van der Waals surface area (Å²) >= 11 is 1.53. The van der Waals surface area contributed by atoms with Gasteiger partial charge >= 0.3 is 0 Å². The molecular weight excluding hydrogens is 250 g/mol. The molecule has 2 rings (SSSR count). The fourth-order valence-corrected chi connectivity index (χ4v) is 2.20. The normalized spacial score (nSPS) is 10.1. The van der Waals surface area contributed by atoms with Gasteiger partial charge in [-0.25, -0.2) is 4.68 Å². The molecule has 18 heavy (non-hydrogen) atoms. The van der Waals surface area contributed by atoms with E-state index in [0.717, 1.165) is 16.5 Å². The van der Waals surface area contributed by atoms with Crippen LogP contribution in [0.1, 0.15) is 11.1 Å². The number of methoxy groups -OCH3 is 1. The van der Waals surface area contributed by atoms with Gasteiger partial charge in [0, 0.05) is 12.8 Å². The molecule has 92 valence electrons. The first-order valence-electron chi connectivity index (χ1n) is 5.16. The molecule has 7 heteroatoms. The van der Waals surface area contributed by atoms with Gasteiger partial charge in [0.25, 0.3) is 0 Å². The molecule has 0 radical (unpaired) electrons. The number of rotatable bonds is 4. The van der Waals surface area contributed by atoms with Gasteiger partial charge in [-0.05, 0) is 28.1 Å². The quantitative estimate of drug-likeness (QED) is 0.774. The molecule has 0 spiro atoms. The predicted octanol–water partition coefficient (Wildman–Crippen LogP) is 1.38. The first kappa shape index (κ1) is 12.4. The fourth-order valence-electron chi connectivity index (χ4n) is 1.41. The maximum Gasteiger partial charge on any atom is 0.209 e. The Morgan fingerprint density at radius 2 is 2.33 bits per heavy atom. The van der Waals surface area contributed by atoms with E-state index in [9.17, 15) is 0 Å². The predicted molar refractivity (Wildman–Crippen MR) is 66.1 cm³/mol. The highest BCUT2D eigenvalue weighted by Crippen LogP contribution is 2.24. The summed E-state index contributed by atoms with van der Waals surface area (Å²) in [5.74, 6) is 1.31. The molecule has 0 amide bonds. The molecule has 1 aromatic carbocycles. The average molecular weight is 261 g/mol. The molecule has 1 heterocycles. The van der Waals surface area contributed by atoms with Gasteiger partial charge in [0.2, 0.25) is 5.16 Å². The summed E-state index contributed by atoms with van der Waals surface area (Å²) in [7, 11) is 3.35. The van der Waals surface area contributed by atoms with Crippen molar-refractivity contribution in [2.75, 3.05) is 7.11 Å². The Morgan fingerprint density at radius 1 is 1.50 bits per heavy atom. The zero-order valence-corrected chi connectivity index (χ0v) is 10.8. The van der Waals surface area contributed by atoms with Gasteiger partial charge in [0.05, 0.1) is 12.7 Å². The minimum Gasteiger partial charge on any atom is -0.495 e. The van der Waals surface area contributed by atoms with Crippen molar-refractivity contribution in [2.45, 2.75) is 10.9 Å². The lowest BCUT2D eigenvalue weighted by Gasteiger charge is -2.05. The Hall–Kier alpha value is -2.07. The third-order valence-corrected chi connectivity index (χ3v) is 3.42. The number of nitrogens with zero attached hydrogens (tertiary/aromatic N) is 5. The second-order valence-electron chi connectivity index (χ2n) is 3.52. The van der Waals surface area contributed by atoms with Crippen LogP contribution in [0.2, 0.25) is 0 Å². The van der Waals surface area contributed by atoms with Gasteiger partial charge in [-0.15, -0.1) is 5.10 Å². The third-order valence-electron chi connectivity index (χ3n) is 2.34. The van der Waals surface area contributed by atoms with Gasteiger partial charge in [0.1, 0.15) is 11.8 Å². The van der Waals surface area contributed by atoms with Crippen LogP contribution in [0.4, 0.5) is 0 Å². The van der Waals surface area contributed by atoms with Crippen LogP contribution in [0.3, 0.4) is 0 Å². The lowest BCUT2D eigenvalue weighted by Crippen LogP contribution is -1.94. The molecule has 0 fully saturated rings. The van der Waals surface area contributed by atoms with Crippen LogP contribution in [-0.2, 0) is 12.8 Å². The summed E-state index contributed by atoms with van der Waals surface area (Å²) in [5.41, 5.74) is 1.59. The number of hydrogen-bond donors (Lipinski definition) is 0. The molecule has 0 saturated carbocycles. The highest BCUT2D eigenvalue weighted by molar-refractivity contribution is 7.98. The number of nitriles is 1. The van der Waals surface area contributed by atoms with Crippen molar-refractivity contribution in [3.8, 4) is 11.8 Å². The van der Waals surface area contributed by atoms with Crippen LogP contribution in [0.15, 0.2) is 23.4 Å². The molecule has 1 aromatic heterocycles. The molecule has 6 nitrogen and oxygen atoms in total. The van der Waals surface area contributed by atoms with Crippen LogP contribution in [0, 0.1) is 11.3 Å². The molecule has 0 atom stereocenters. The molecule has 0 aliphatic carbocycles. The van der Waals surface area contributed by atoms with E-state index in [1.165, 1.54) is 11.8 Å². The minimum atomic E-state index is 0.534. The maximum atomic E-state index is 8.89. The van der Waals surface area contributed by atoms with Crippen molar-refractivity contribution < 1.29 is 4.74 Å². The Bertz CT molecular complexity index is 589. The molecule has 0 N–H and O–H groups in total. The molecule has 0 unspecified atom stereocenters. The first-order valence-corrected chi connectivity index (χ1v) is 6.15. The van der Waals surface area contributed by atoms with Crippen molar-refractivity contribution in [3.05, 3.63) is 29.3 Å². The number of aromatic nitrogens is 4. The number of aryl methyl sites for hydroxylation is 1. The van der Waals surface area contributed by atoms with Crippen LogP contribution >= 0.6 is 11.8 Å². The number of benzene rings is 1. The Morgan fingerprint density at radius 3 is 2.94 bits per heavy atom. The summed E-state index contributed by atoms with van der Waals surface area (Å²) in [6, 6.07) is 7.60. The molecule has 2 aromatic rings. The number of ether oxygens (including phenoxy) is 1. The fraction of sp³-hybridized carbons (Fsp3) is 0.273. The Labute approximate surface area is 109 Å². The van der Waals surface area contributed by atoms with Crippen LogP contribution in [0.5, 0.6) is 5.75 Å². The topological polar surface area (TPSA) is 76.6 Å². The Kier molecular flexibility index (Phi) is 3.79. The van der Waals surface area contributed by atoms with Gasteiger partial charge in [0.15, 0.2) is 0 Å². The van der Waals surface area contributed by atoms with E-state index in [1.54, 1.807) is 24.9 Å². The molecule has 0 saturated heterocycles. The summed E-state index contributed by atoms with van der Waals surface area (Å²) in [4.78, 5) is 0. The van der Waals surface area contributed by atoms with Crippen molar-refractivity contribution in [1.82, 2.24) is 20.2 Å². The van der Waals surface area contributed by atoms with Crippen LogP contribution in [0.25, 0.3) is 0 Å². The second kappa shape index (κ2) is 5.51. The van der Waals surface area contributed by atoms with E-state index in [4.69, 9.17) is 10.00 Å². The average Bonchev–Trinajstić information content (AvgIpc) is 2.81. The van der Waals surface area contributed by atoms with Crippen LogP contribution in [-0.4, -0.2) is 27.3 Å². The highest BCUT2D eigenvalue weighted by Gasteiger charge is 2.06. The minimum absolute atomic E-state index is 0.534. The van der Waals surface area contributed by atoms with Gasteiger partial charge in [-0.3, -0.25) is 0 Å². The van der Waals surface area contributed by atoms with Crippen LogP contribution < -0.4 is 4.74 Å². The molecule has 0 aliphatic heterocycles. The van der Waals surface area contributed by atoms with Crippen molar-refractivity contribution in [1.29, 1.82) is 5.26 Å². The maximum absolute atomic E-state index is 8.89. The van der Waals surface area contributed by atoms with Crippen molar-refractivity contribution in [3.63, 3.8) is 0 Å². The van der Waals surface area contributed by atoms with E-state index < -0.39 is 0 Å². The van der Waals surface area contributed by atoms with Gasteiger partial charge in [-0.2, -0.15) is 5.26 Å². The summed E-state index contributed by atoms with van der Waals surface area (Å²) < 4.78 is 6.78. The van der Waals surface area contributed by atoms with E-state index >= 15 is 0 Å². The van der Waals surface area contributed by atoms with Gasteiger partial charge < -0.3 is 4.74 Å². The monoisotopic (exact) mass is 261 g/mol. The summed E-state index contributed by atoms with van der Waals surface area (Å²) in [6.45, 7) is 0. The van der Waals surface area contributed by atoms with Crippen molar-refractivity contribution in [2.24, 2.45) is 7.05 Å². The van der Waals surface area contributed by atoms with E-state index in [2.05, 4.69) is 21.6 Å². The second-order valence-corrected chi connectivity index (χ2v) is 4.46. The standard InChI is InChI=1S/C11H11N5OS/c1-16-11(13-14-15-16)18-7-8-3-4-9(6-12)10(5-8)17-2/h3-5H,7H2,1-2H3. The summed E-state index contributed by atoms with van der Waals surface area (Å²) in [5, 5.41) is 20.9. The largest absolute Gasteiger partial charge is 0.495 e. The van der Waals surface area contributed by atoms with E-state index in [1.807, 2.05) is 12.1 Å². The SMILES string of the molecule is COc1cc(CSc2nnnn2C)ccc1C#N. The number of hydrogen-bond acceptors (Lipinski definition) is 6. The molecular formula is C11H11N5OS. The number of tetrazole rings is 1. The zero-order valence-electron chi connectivity index (χ0n) is 9.99. The first-order chi connectivity index (χ1) is 8.74. The lowest BCUT2D eigenvalue weighted by molar-refractivity contribution is 0.413. The lowest BCUT2D eigenvalue weighted by atomic mass is 10.1. The zero-order chi connectivity index (χ0) is 13.0. The number of thioether (sulfide) groups is 1. The van der Waals surface area contributed by atoms with E-state index in [0.29, 0.717) is 11.3 Å². The molecule has 0 bridgehead atoms. The van der Waals surface area contributed by atoms with Gasteiger partial charge in [-0.1, -0.05) is 17.8 Å². The van der Waals surface area contributed by atoms with Crippen molar-refractivity contribution >= 4 is 11.8 Å². The summed E-state index contributed by atoms with van der Waals surface area (Å²) in [6.07, 6.45) is 0. The smallest absolute Gasteiger partial charge is 0.209 e. The van der Waals surface area contributed by atoms with E-state index in [-0.39, 0.29) is 0 Å². The highest BCUT2D eigenvalue weighted by atomic mass is 32.2. The molecule has 0 aliphatic rings. The third kappa shape index (κ3) is 2.60.